The molecule has 0 bridgehead atoms. The lowest BCUT2D eigenvalue weighted by molar-refractivity contribution is 0.254. The molecule has 5 rings (SSSR count). The number of aromatic amines is 1. The lowest BCUT2D eigenvalue weighted by Crippen LogP contribution is -2.29. The fourth-order valence-electron chi connectivity index (χ4n) is 4.94. The Morgan fingerprint density at radius 2 is 1.90 bits per heavy atom. The van der Waals surface area contributed by atoms with Crippen molar-refractivity contribution in [1.29, 1.82) is 0 Å². The van der Waals surface area contributed by atoms with Crippen molar-refractivity contribution in [3.63, 3.8) is 0 Å². The van der Waals surface area contributed by atoms with Crippen LogP contribution in [0.25, 0.3) is 22.3 Å². The van der Waals surface area contributed by atoms with E-state index < -0.39 is 0 Å². The van der Waals surface area contributed by atoms with Gasteiger partial charge < -0.3 is 20.1 Å². The summed E-state index contributed by atoms with van der Waals surface area (Å²) >= 11 is 0. The van der Waals surface area contributed by atoms with Gasteiger partial charge in [0.15, 0.2) is 0 Å². The van der Waals surface area contributed by atoms with Crippen LogP contribution in [0, 0.1) is 5.92 Å². The van der Waals surface area contributed by atoms with E-state index in [1.54, 1.807) is 0 Å². The van der Waals surface area contributed by atoms with Crippen LogP contribution < -0.4 is 5.32 Å². The minimum absolute atomic E-state index is 0.591. The summed E-state index contributed by atoms with van der Waals surface area (Å²) in [5.74, 6) is 2.25. The molecule has 1 unspecified atom stereocenters. The molecule has 2 N–H and O–H groups in total. The largest absolute Gasteiger partial charge is 0.370 e. The third-order valence-corrected chi connectivity index (χ3v) is 6.80. The molecular weight excluding hydrogens is 372 g/mol. The molecule has 3 aromatic heterocycles. The van der Waals surface area contributed by atoms with Crippen LogP contribution in [-0.2, 0) is 0 Å². The number of anilines is 1. The van der Waals surface area contributed by atoms with E-state index in [0.29, 0.717) is 11.8 Å². The molecule has 2 aliphatic rings. The molecule has 5 heterocycles. The average molecular weight is 405 g/mol. The molecular formula is C24H32N6. The highest BCUT2D eigenvalue weighted by Gasteiger charge is 2.21. The number of fused-ring (bicyclic) bond motifs is 1. The molecule has 6 nitrogen and oxygen atoms in total. The number of piperidine rings is 1. The lowest BCUT2D eigenvalue weighted by atomic mass is 9.93. The fourth-order valence-corrected chi connectivity index (χ4v) is 4.94. The first-order chi connectivity index (χ1) is 14.7. The van der Waals surface area contributed by atoms with Gasteiger partial charge in [-0.2, -0.15) is 0 Å². The molecule has 0 aliphatic carbocycles. The van der Waals surface area contributed by atoms with Gasteiger partial charge in [0.1, 0.15) is 11.5 Å². The monoisotopic (exact) mass is 404 g/mol. The summed E-state index contributed by atoms with van der Waals surface area (Å²) in [6.07, 6.45) is 5.55. The Morgan fingerprint density at radius 1 is 1.07 bits per heavy atom. The number of aromatic nitrogens is 3. The molecule has 3 aromatic rings. The van der Waals surface area contributed by atoms with Crippen molar-refractivity contribution in [3.8, 4) is 11.3 Å². The molecule has 0 radical (unpaired) electrons. The predicted molar refractivity (Wildman–Crippen MR) is 123 cm³/mol. The summed E-state index contributed by atoms with van der Waals surface area (Å²) in [6.45, 7) is 5.67. The van der Waals surface area contributed by atoms with Crippen molar-refractivity contribution in [2.45, 2.75) is 25.2 Å². The van der Waals surface area contributed by atoms with Crippen molar-refractivity contribution in [2.24, 2.45) is 5.92 Å². The zero-order valence-electron chi connectivity index (χ0n) is 18.1. The van der Waals surface area contributed by atoms with Gasteiger partial charge in [0.25, 0.3) is 0 Å². The Morgan fingerprint density at radius 3 is 2.70 bits per heavy atom. The van der Waals surface area contributed by atoms with E-state index in [1.807, 2.05) is 6.20 Å². The molecule has 2 saturated heterocycles. The minimum atomic E-state index is 0.591. The zero-order valence-corrected chi connectivity index (χ0v) is 18.1. The van der Waals surface area contributed by atoms with Gasteiger partial charge in [-0.15, -0.1) is 0 Å². The standard InChI is InChI=1S/C24H32N6/c1-29-12-8-18(9-13-29)22-14-20-19(6-10-25-24(20)28-22)21-4-3-5-23(27-21)26-15-17-7-11-30(2)16-17/h3-6,10,14,17-18H,7-9,11-13,15-16H2,1-2H3,(H,25,28)(H,26,27). The van der Waals surface area contributed by atoms with Crippen LogP contribution in [-0.4, -0.2) is 71.6 Å². The quantitative estimate of drug-likeness (QED) is 0.677. The zero-order chi connectivity index (χ0) is 20.5. The van der Waals surface area contributed by atoms with Gasteiger partial charge in [-0.05, 0) is 83.2 Å². The van der Waals surface area contributed by atoms with Crippen LogP contribution in [0.1, 0.15) is 30.9 Å². The van der Waals surface area contributed by atoms with Crippen LogP contribution >= 0.6 is 0 Å². The second-order valence-electron chi connectivity index (χ2n) is 9.13. The Balaban J connectivity index is 1.37. The number of nitrogens with zero attached hydrogens (tertiary/aromatic N) is 4. The summed E-state index contributed by atoms with van der Waals surface area (Å²) < 4.78 is 0. The summed E-state index contributed by atoms with van der Waals surface area (Å²) in [6, 6.07) is 10.7. The number of rotatable bonds is 5. The van der Waals surface area contributed by atoms with Gasteiger partial charge in [0, 0.05) is 41.8 Å². The van der Waals surface area contributed by atoms with Crippen molar-refractivity contribution in [3.05, 3.63) is 42.2 Å². The maximum Gasteiger partial charge on any atom is 0.138 e. The number of hydrogen-bond donors (Lipinski definition) is 2. The van der Waals surface area contributed by atoms with E-state index in [-0.39, 0.29) is 0 Å². The molecule has 6 heteroatoms. The van der Waals surface area contributed by atoms with Crippen LogP contribution in [0.4, 0.5) is 5.82 Å². The second-order valence-corrected chi connectivity index (χ2v) is 9.13. The highest BCUT2D eigenvalue weighted by atomic mass is 15.1. The average Bonchev–Trinajstić information content (AvgIpc) is 3.39. The maximum absolute atomic E-state index is 4.93. The lowest BCUT2D eigenvalue weighted by Gasteiger charge is -2.28. The Labute approximate surface area is 178 Å². The van der Waals surface area contributed by atoms with E-state index in [1.165, 1.54) is 43.4 Å². The normalized spacial score (nSPS) is 21.5. The van der Waals surface area contributed by atoms with Crippen molar-refractivity contribution in [2.75, 3.05) is 52.1 Å². The highest BCUT2D eigenvalue weighted by Crippen LogP contribution is 2.33. The summed E-state index contributed by atoms with van der Waals surface area (Å²) in [4.78, 5) is 17.9. The molecule has 0 saturated carbocycles. The number of nitrogens with one attached hydrogen (secondary N) is 2. The van der Waals surface area contributed by atoms with Gasteiger partial charge in [-0.25, -0.2) is 9.97 Å². The first-order valence-corrected chi connectivity index (χ1v) is 11.2. The molecule has 1 atom stereocenters. The Kier molecular flexibility index (Phi) is 5.44. The van der Waals surface area contributed by atoms with E-state index >= 15 is 0 Å². The molecule has 30 heavy (non-hydrogen) atoms. The molecule has 158 valence electrons. The van der Waals surface area contributed by atoms with Crippen LogP contribution in [0.3, 0.4) is 0 Å². The van der Waals surface area contributed by atoms with E-state index in [0.717, 1.165) is 42.4 Å². The first-order valence-electron chi connectivity index (χ1n) is 11.2. The van der Waals surface area contributed by atoms with E-state index in [4.69, 9.17) is 4.98 Å². The molecule has 0 aromatic carbocycles. The first kappa shape index (κ1) is 19.5. The number of hydrogen-bond acceptors (Lipinski definition) is 5. The van der Waals surface area contributed by atoms with E-state index in [2.05, 4.69) is 69.5 Å². The predicted octanol–water partition coefficient (Wildman–Crippen LogP) is 3.80. The summed E-state index contributed by atoms with van der Waals surface area (Å²) in [5.41, 5.74) is 4.44. The number of pyridine rings is 2. The van der Waals surface area contributed by atoms with Crippen molar-refractivity contribution < 1.29 is 0 Å². The van der Waals surface area contributed by atoms with Gasteiger partial charge in [-0.3, -0.25) is 0 Å². The minimum Gasteiger partial charge on any atom is -0.370 e. The third kappa shape index (κ3) is 4.07. The SMILES string of the molecule is CN1CCC(c2cc3c(-c4cccc(NCC5CCN(C)C5)n4)ccnc3[nH]2)CC1. The topological polar surface area (TPSA) is 60.1 Å². The van der Waals surface area contributed by atoms with Crippen LogP contribution in [0.2, 0.25) is 0 Å². The fraction of sp³-hybridized carbons (Fsp3) is 0.500. The second kappa shape index (κ2) is 8.36. The van der Waals surface area contributed by atoms with Crippen molar-refractivity contribution >= 4 is 16.9 Å². The molecule has 2 fully saturated rings. The van der Waals surface area contributed by atoms with Gasteiger partial charge in [0.05, 0.1) is 5.69 Å². The van der Waals surface area contributed by atoms with Gasteiger partial charge in [0.2, 0.25) is 0 Å². The molecule has 0 amide bonds. The van der Waals surface area contributed by atoms with Gasteiger partial charge >= 0.3 is 0 Å². The molecule has 0 spiro atoms. The third-order valence-electron chi connectivity index (χ3n) is 6.80. The van der Waals surface area contributed by atoms with Crippen molar-refractivity contribution in [1.82, 2.24) is 24.8 Å². The van der Waals surface area contributed by atoms with Crippen LogP contribution in [0.5, 0.6) is 0 Å². The van der Waals surface area contributed by atoms with Crippen LogP contribution in [0.15, 0.2) is 36.5 Å². The maximum atomic E-state index is 4.93. The highest BCUT2D eigenvalue weighted by molar-refractivity contribution is 5.92. The summed E-state index contributed by atoms with van der Waals surface area (Å²) in [7, 11) is 4.41. The molecule has 2 aliphatic heterocycles. The van der Waals surface area contributed by atoms with Gasteiger partial charge in [-0.1, -0.05) is 6.07 Å². The Hall–Kier alpha value is -2.44. The summed E-state index contributed by atoms with van der Waals surface area (Å²) in [5, 5.41) is 4.74. The Bertz CT molecular complexity index is 1000. The van der Waals surface area contributed by atoms with E-state index in [9.17, 15) is 0 Å². The number of H-pyrrole nitrogens is 1. The smallest absolute Gasteiger partial charge is 0.138 e. The number of likely N-dealkylation sites (tertiary alicyclic amines) is 2.